The molecule has 10 heteroatoms. The van der Waals surface area contributed by atoms with Crippen molar-refractivity contribution in [1.82, 2.24) is 19.9 Å². The monoisotopic (exact) mass is 599 g/mol. The van der Waals surface area contributed by atoms with Gasteiger partial charge in [-0.15, -0.1) is 0 Å². The first-order valence-electron chi connectivity index (χ1n) is 15.8. The van der Waals surface area contributed by atoms with E-state index >= 15 is 0 Å². The minimum atomic E-state index is 0.00283. The number of aldehydes is 1. The summed E-state index contributed by atoms with van der Waals surface area (Å²) < 4.78 is 0. The number of aliphatic hydroxyl groups is 1. The Bertz CT molecular complexity index is 1500. The number of nitrogens with two attached hydrogens (primary N) is 2. The third kappa shape index (κ3) is 5.45. The number of piperidine rings is 1. The van der Waals surface area contributed by atoms with E-state index in [9.17, 15) is 9.90 Å². The van der Waals surface area contributed by atoms with E-state index in [1.165, 1.54) is 18.4 Å². The zero-order valence-corrected chi connectivity index (χ0v) is 25.7. The van der Waals surface area contributed by atoms with Crippen LogP contribution in [0.3, 0.4) is 0 Å². The minimum absolute atomic E-state index is 0.00283. The summed E-state index contributed by atoms with van der Waals surface area (Å²) in [5.41, 5.74) is 18.7. The molecule has 0 radical (unpaired) electrons. The number of para-hydroxylation sites is 1. The standard InChI is InChI=1S/C33H41N7O2.CH4O/c1-20-30-26(12-27(34)25-4-2-3-5-29(25)42)31(35)38-28(30)8-11-40(20)32-36-17-23(18-37-32)22-6-9-39(10-7-22)24-15-33(16-24)13-21(14-33)19-41;1-2/h2-5,12,17-22,24,38,42H,6-11,13-16,34-35H2,1H3;2H,1H3/b27-12-;. The number of hydrogen-bond donors (Lipinski definition) is 5. The summed E-state index contributed by atoms with van der Waals surface area (Å²) in [6, 6.07) is 7.77. The second-order valence-corrected chi connectivity index (χ2v) is 13.1. The predicted octanol–water partition coefficient (Wildman–Crippen LogP) is 4.22. The maximum Gasteiger partial charge on any atom is 0.225 e. The highest BCUT2D eigenvalue weighted by Gasteiger charge is 2.54. The fourth-order valence-corrected chi connectivity index (χ4v) is 8.21. The largest absolute Gasteiger partial charge is 0.507 e. The molecule has 0 amide bonds. The van der Waals surface area contributed by atoms with E-state index in [2.05, 4.69) is 21.7 Å². The van der Waals surface area contributed by atoms with E-state index in [4.69, 9.17) is 26.5 Å². The Morgan fingerprint density at radius 3 is 2.41 bits per heavy atom. The highest BCUT2D eigenvalue weighted by molar-refractivity contribution is 5.86. The molecule has 44 heavy (non-hydrogen) atoms. The Hall–Kier alpha value is -3.89. The molecule has 3 fully saturated rings. The number of rotatable bonds is 6. The van der Waals surface area contributed by atoms with Crippen LogP contribution in [-0.4, -0.2) is 69.1 Å². The lowest BCUT2D eigenvalue weighted by atomic mass is 9.50. The smallest absolute Gasteiger partial charge is 0.225 e. The highest BCUT2D eigenvalue weighted by atomic mass is 16.3. The average Bonchev–Trinajstić information content (AvgIpc) is 3.33. The SMILES string of the molecule is CC1c2c([nH]c(N)c2/C=C(\N)c2ccccc2O)CCN1c1ncc(C2CCN(C3CC4(CC(C=O)C4)C3)CC2)cn1.CO. The first kappa shape index (κ1) is 30.1. The van der Waals surface area contributed by atoms with Crippen molar-refractivity contribution < 1.29 is 15.0 Å². The van der Waals surface area contributed by atoms with Crippen LogP contribution in [0.5, 0.6) is 5.75 Å². The Balaban J connectivity index is 0.00000168. The van der Waals surface area contributed by atoms with Crippen LogP contribution in [0.1, 0.15) is 85.4 Å². The number of anilines is 2. The fraction of sp³-hybridized carbons (Fsp3) is 0.500. The molecule has 2 aromatic heterocycles. The van der Waals surface area contributed by atoms with Crippen LogP contribution in [0.15, 0.2) is 36.7 Å². The zero-order chi connectivity index (χ0) is 31.0. The summed E-state index contributed by atoms with van der Waals surface area (Å²) in [7, 11) is 1.00. The number of carbonyl (C=O) groups excluding carboxylic acids is 1. The van der Waals surface area contributed by atoms with E-state index in [0.29, 0.717) is 40.4 Å². The van der Waals surface area contributed by atoms with Crippen LogP contribution in [0.2, 0.25) is 0 Å². The van der Waals surface area contributed by atoms with E-state index in [-0.39, 0.29) is 11.8 Å². The summed E-state index contributed by atoms with van der Waals surface area (Å²) in [5, 5.41) is 17.3. The van der Waals surface area contributed by atoms with Gasteiger partial charge in [-0.3, -0.25) is 0 Å². The molecule has 4 heterocycles. The minimum Gasteiger partial charge on any atom is -0.507 e. The van der Waals surface area contributed by atoms with E-state index < -0.39 is 0 Å². The molecule has 1 atom stereocenters. The van der Waals surface area contributed by atoms with Gasteiger partial charge in [-0.2, -0.15) is 0 Å². The van der Waals surface area contributed by atoms with Crippen LogP contribution in [0.25, 0.3) is 11.8 Å². The second-order valence-electron chi connectivity index (χ2n) is 13.1. The maximum absolute atomic E-state index is 11.0. The molecule has 3 aromatic rings. The number of likely N-dealkylation sites (tertiary alicyclic amines) is 1. The molecule has 2 saturated carbocycles. The van der Waals surface area contributed by atoms with Gasteiger partial charge in [-0.1, -0.05) is 12.1 Å². The third-order valence-electron chi connectivity index (χ3n) is 10.5. The lowest BCUT2D eigenvalue weighted by Gasteiger charge is -2.59. The number of phenolic OH excluding ortho intramolecular Hbond substituents is 1. The number of phenols is 1. The first-order valence-corrected chi connectivity index (χ1v) is 15.8. The fourth-order valence-electron chi connectivity index (χ4n) is 8.21. The molecule has 234 valence electrons. The summed E-state index contributed by atoms with van der Waals surface area (Å²) in [6.07, 6.45) is 14.9. The molecule has 10 nitrogen and oxygen atoms in total. The number of aromatic nitrogens is 3. The number of nitrogens with one attached hydrogen (secondary N) is 1. The number of aromatic hydroxyl groups is 1. The van der Waals surface area contributed by atoms with Crippen LogP contribution in [0.4, 0.5) is 11.8 Å². The number of nitrogens with zero attached hydrogens (tertiary/aromatic N) is 4. The van der Waals surface area contributed by atoms with Gasteiger partial charge in [-0.05, 0) is 93.6 Å². The van der Waals surface area contributed by atoms with Crippen molar-refractivity contribution in [3.8, 4) is 5.75 Å². The van der Waals surface area contributed by atoms with Gasteiger partial charge in [0.05, 0.1) is 6.04 Å². The van der Waals surface area contributed by atoms with Gasteiger partial charge < -0.3 is 41.3 Å². The Kier molecular flexibility index (Phi) is 8.39. The summed E-state index contributed by atoms with van der Waals surface area (Å²) in [4.78, 5) is 29.0. The topological polar surface area (TPSA) is 158 Å². The lowest BCUT2D eigenvalue weighted by Crippen LogP contribution is -2.57. The molecule has 2 aliphatic heterocycles. The second kappa shape index (κ2) is 12.2. The summed E-state index contributed by atoms with van der Waals surface area (Å²) in [5.74, 6) is 2.26. The maximum atomic E-state index is 11.0. The van der Waals surface area contributed by atoms with Crippen molar-refractivity contribution in [2.75, 3.05) is 37.4 Å². The first-order chi connectivity index (χ1) is 21.3. The molecule has 4 aliphatic rings. The number of nitrogen functional groups attached to an aromatic ring is 1. The zero-order valence-electron chi connectivity index (χ0n) is 25.7. The molecule has 1 spiro atoms. The normalized spacial score (nSPS) is 27.1. The van der Waals surface area contributed by atoms with Gasteiger partial charge in [0.1, 0.15) is 17.9 Å². The van der Waals surface area contributed by atoms with Crippen LogP contribution >= 0.6 is 0 Å². The number of fused-ring (bicyclic) bond motifs is 1. The highest BCUT2D eigenvalue weighted by Crippen LogP contribution is 2.59. The molecule has 7 rings (SSSR count). The van der Waals surface area contributed by atoms with Gasteiger partial charge in [0, 0.05) is 72.5 Å². The van der Waals surface area contributed by atoms with Crippen molar-refractivity contribution in [1.29, 1.82) is 0 Å². The number of aliphatic hydroxyl groups excluding tert-OH is 1. The van der Waals surface area contributed by atoms with Crippen molar-refractivity contribution in [2.45, 2.75) is 69.9 Å². The number of aromatic amines is 1. The van der Waals surface area contributed by atoms with Crippen LogP contribution < -0.4 is 16.4 Å². The Labute approximate surface area is 259 Å². The average molecular weight is 600 g/mol. The molecular weight excluding hydrogens is 554 g/mol. The molecule has 2 aliphatic carbocycles. The molecule has 7 N–H and O–H groups in total. The Morgan fingerprint density at radius 1 is 1.07 bits per heavy atom. The van der Waals surface area contributed by atoms with Crippen molar-refractivity contribution in [2.24, 2.45) is 17.1 Å². The van der Waals surface area contributed by atoms with Crippen LogP contribution in [0, 0.1) is 11.3 Å². The molecule has 1 aromatic carbocycles. The molecule has 1 unspecified atom stereocenters. The van der Waals surface area contributed by atoms with Gasteiger partial charge in [0.15, 0.2) is 0 Å². The van der Waals surface area contributed by atoms with Crippen molar-refractivity contribution in [3.63, 3.8) is 0 Å². The van der Waals surface area contributed by atoms with Crippen LogP contribution in [-0.2, 0) is 11.2 Å². The van der Waals surface area contributed by atoms with Gasteiger partial charge in [-0.25, -0.2) is 9.97 Å². The van der Waals surface area contributed by atoms with Gasteiger partial charge in [0.2, 0.25) is 5.95 Å². The summed E-state index contributed by atoms with van der Waals surface area (Å²) in [6.45, 7) is 5.20. The molecule has 0 bridgehead atoms. The Morgan fingerprint density at radius 2 is 1.75 bits per heavy atom. The lowest BCUT2D eigenvalue weighted by molar-refractivity contribution is -0.130. The van der Waals surface area contributed by atoms with E-state index in [1.807, 2.05) is 24.5 Å². The number of carbonyl (C=O) groups is 1. The quantitative estimate of drug-likeness (QED) is 0.262. The number of hydrogen-bond acceptors (Lipinski definition) is 9. The third-order valence-corrected chi connectivity index (χ3v) is 10.5. The van der Waals surface area contributed by atoms with Crippen molar-refractivity contribution >= 4 is 29.8 Å². The van der Waals surface area contributed by atoms with E-state index in [1.54, 1.807) is 18.2 Å². The number of H-pyrrole nitrogens is 1. The van der Waals surface area contributed by atoms with Gasteiger partial charge >= 0.3 is 0 Å². The van der Waals surface area contributed by atoms with Crippen molar-refractivity contribution in [3.05, 3.63) is 64.6 Å². The van der Waals surface area contributed by atoms with Gasteiger partial charge in [0.25, 0.3) is 0 Å². The predicted molar refractivity (Wildman–Crippen MR) is 173 cm³/mol. The molecular formula is C34H45N7O3. The van der Waals surface area contributed by atoms with E-state index in [0.717, 1.165) is 87.9 Å². The molecule has 1 saturated heterocycles. The number of benzene rings is 1. The summed E-state index contributed by atoms with van der Waals surface area (Å²) >= 11 is 0.